The summed E-state index contributed by atoms with van der Waals surface area (Å²) < 4.78 is 0. The molecule has 0 fully saturated rings. The topological polar surface area (TPSA) is 49.4 Å². The van der Waals surface area contributed by atoms with Crippen LogP contribution in [0.1, 0.15) is 24.5 Å². The molecule has 2 aromatic rings. The van der Waals surface area contributed by atoms with E-state index in [0.29, 0.717) is 21.4 Å². The molecule has 0 saturated heterocycles. The summed E-state index contributed by atoms with van der Waals surface area (Å²) in [5.74, 6) is -0.339. The molecule has 4 nitrogen and oxygen atoms in total. The fourth-order valence-corrected chi connectivity index (χ4v) is 3.07. The number of rotatable bonds is 5. The zero-order valence-electron chi connectivity index (χ0n) is 14.4. The monoisotopic (exact) mass is 378 g/mol. The van der Waals surface area contributed by atoms with Crippen molar-refractivity contribution in [3.63, 3.8) is 0 Å². The average Bonchev–Trinajstić information content (AvgIpc) is 2.52. The Morgan fingerprint density at radius 2 is 1.72 bits per heavy atom. The molecule has 0 saturated carbocycles. The smallest absolute Gasteiger partial charge is 0.226 e. The summed E-state index contributed by atoms with van der Waals surface area (Å²) in [6.07, 6.45) is 0.159. The number of anilines is 2. The lowest BCUT2D eigenvalue weighted by Gasteiger charge is -2.21. The number of carbonyl (C=O) groups is 2. The van der Waals surface area contributed by atoms with Gasteiger partial charge in [-0.1, -0.05) is 29.3 Å². The average molecular weight is 379 g/mol. The van der Waals surface area contributed by atoms with E-state index in [1.807, 2.05) is 19.9 Å². The summed E-state index contributed by atoms with van der Waals surface area (Å²) >= 11 is 12.1. The van der Waals surface area contributed by atoms with Crippen LogP contribution in [-0.2, 0) is 9.59 Å². The molecule has 0 aliphatic rings. The van der Waals surface area contributed by atoms with E-state index in [4.69, 9.17) is 23.2 Å². The van der Waals surface area contributed by atoms with Crippen LogP contribution in [0.3, 0.4) is 0 Å². The highest BCUT2D eigenvalue weighted by atomic mass is 35.5. The van der Waals surface area contributed by atoms with Gasteiger partial charge >= 0.3 is 0 Å². The number of hydrogen-bond acceptors (Lipinski definition) is 2. The summed E-state index contributed by atoms with van der Waals surface area (Å²) in [7, 11) is 0. The minimum absolute atomic E-state index is 0.139. The van der Waals surface area contributed by atoms with E-state index in [2.05, 4.69) is 5.32 Å². The number of halogens is 2. The van der Waals surface area contributed by atoms with Crippen molar-refractivity contribution >= 4 is 46.4 Å². The van der Waals surface area contributed by atoms with Gasteiger partial charge in [0.25, 0.3) is 0 Å². The fourth-order valence-electron chi connectivity index (χ4n) is 2.58. The molecule has 0 unspecified atom stereocenters. The van der Waals surface area contributed by atoms with E-state index in [9.17, 15) is 9.59 Å². The molecule has 0 spiro atoms. The Morgan fingerprint density at radius 3 is 2.28 bits per heavy atom. The van der Waals surface area contributed by atoms with Gasteiger partial charge in [0.05, 0.1) is 10.7 Å². The maximum absolute atomic E-state index is 12.3. The standard InChI is InChI=1S/C19H20Cl2N2O2/c1-12-10-13(2)19(17(21)11-12)22-18(25)8-9-23(14(3)24)16-6-4-15(20)5-7-16/h4-7,10-11H,8-9H2,1-3H3,(H,22,25). The number of nitrogens with one attached hydrogen (secondary N) is 1. The fraction of sp³-hybridized carbons (Fsp3) is 0.263. The Morgan fingerprint density at radius 1 is 1.08 bits per heavy atom. The van der Waals surface area contributed by atoms with Crippen molar-refractivity contribution in [3.8, 4) is 0 Å². The number of aryl methyl sites for hydroxylation is 2. The molecule has 2 amide bonds. The molecule has 1 N–H and O–H groups in total. The molecule has 25 heavy (non-hydrogen) atoms. The van der Waals surface area contributed by atoms with Crippen molar-refractivity contribution < 1.29 is 9.59 Å². The number of amides is 2. The van der Waals surface area contributed by atoms with Crippen LogP contribution in [-0.4, -0.2) is 18.4 Å². The van der Waals surface area contributed by atoms with Crippen molar-refractivity contribution in [2.45, 2.75) is 27.2 Å². The molecule has 0 aliphatic carbocycles. The summed E-state index contributed by atoms with van der Waals surface area (Å²) in [6.45, 7) is 5.57. The van der Waals surface area contributed by atoms with Crippen LogP contribution < -0.4 is 10.2 Å². The lowest BCUT2D eigenvalue weighted by atomic mass is 10.1. The molecule has 0 aliphatic heterocycles. The summed E-state index contributed by atoms with van der Waals surface area (Å²) in [5.41, 5.74) is 3.25. The highest BCUT2D eigenvalue weighted by molar-refractivity contribution is 6.34. The Kier molecular flexibility index (Phi) is 6.45. The third kappa shape index (κ3) is 5.21. The summed E-state index contributed by atoms with van der Waals surface area (Å²) in [4.78, 5) is 25.7. The van der Waals surface area contributed by atoms with E-state index < -0.39 is 0 Å². The second kappa shape index (κ2) is 8.37. The minimum atomic E-state index is -0.200. The summed E-state index contributed by atoms with van der Waals surface area (Å²) in [5, 5.41) is 3.93. The third-order valence-electron chi connectivity index (χ3n) is 3.78. The lowest BCUT2D eigenvalue weighted by molar-refractivity contribution is -0.117. The van der Waals surface area contributed by atoms with Crippen molar-refractivity contribution in [1.29, 1.82) is 0 Å². The van der Waals surface area contributed by atoms with Crippen LogP contribution in [0.4, 0.5) is 11.4 Å². The second-order valence-electron chi connectivity index (χ2n) is 5.88. The Hall–Kier alpha value is -2.04. The van der Waals surface area contributed by atoms with E-state index in [-0.39, 0.29) is 24.8 Å². The van der Waals surface area contributed by atoms with Gasteiger partial charge in [0.2, 0.25) is 11.8 Å². The summed E-state index contributed by atoms with van der Waals surface area (Å²) in [6, 6.07) is 10.7. The largest absolute Gasteiger partial charge is 0.324 e. The van der Waals surface area contributed by atoms with Crippen molar-refractivity contribution in [2.24, 2.45) is 0 Å². The number of hydrogen-bond donors (Lipinski definition) is 1. The second-order valence-corrected chi connectivity index (χ2v) is 6.73. The van der Waals surface area contributed by atoms with E-state index in [0.717, 1.165) is 11.1 Å². The number of carbonyl (C=O) groups excluding carboxylic acids is 2. The zero-order valence-corrected chi connectivity index (χ0v) is 15.9. The van der Waals surface area contributed by atoms with Crippen molar-refractivity contribution in [2.75, 3.05) is 16.8 Å². The van der Waals surface area contributed by atoms with Gasteiger partial charge in [-0.25, -0.2) is 0 Å². The number of nitrogens with zero attached hydrogens (tertiary/aromatic N) is 1. The molecule has 0 radical (unpaired) electrons. The quantitative estimate of drug-likeness (QED) is 0.796. The van der Waals surface area contributed by atoms with Crippen LogP contribution in [0.2, 0.25) is 10.0 Å². The molecular formula is C19H20Cl2N2O2. The van der Waals surface area contributed by atoms with Gasteiger partial charge in [0.15, 0.2) is 0 Å². The van der Waals surface area contributed by atoms with Crippen LogP contribution in [0.25, 0.3) is 0 Å². The zero-order chi connectivity index (χ0) is 18.6. The first-order valence-corrected chi connectivity index (χ1v) is 8.64. The molecule has 0 bridgehead atoms. The molecular weight excluding hydrogens is 359 g/mol. The molecule has 0 atom stereocenters. The third-order valence-corrected chi connectivity index (χ3v) is 4.33. The van der Waals surface area contributed by atoms with Gasteiger partial charge in [-0.05, 0) is 55.3 Å². The van der Waals surface area contributed by atoms with Crippen LogP contribution in [0.15, 0.2) is 36.4 Å². The minimum Gasteiger partial charge on any atom is -0.324 e. The molecule has 6 heteroatoms. The van der Waals surface area contributed by atoms with E-state index in [1.165, 1.54) is 6.92 Å². The van der Waals surface area contributed by atoms with E-state index >= 15 is 0 Å². The SMILES string of the molecule is CC(=O)N(CCC(=O)Nc1c(C)cc(C)cc1Cl)c1ccc(Cl)cc1. The van der Waals surface area contributed by atoms with Gasteiger partial charge in [-0.2, -0.15) is 0 Å². The first-order valence-electron chi connectivity index (χ1n) is 7.88. The first-order chi connectivity index (χ1) is 11.8. The van der Waals surface area contributed by atoms with Gasteiger partial charge in [-0.15, -0.1) is 0 Å². The van der Waals surface area contributed by atoms with Crippen molar-refractivity contribution in [1.82, 2.24) is 0 Å². The normalized spacial score (nSPS) is 10.4. The Bertz CT molecular complexity index is 766. The maximum atomic E-state index is 12.3. The highest BCUT2D eigenvalue weighted by Crippen LogP contribution is 2.27. The predicted molar refractivity (Wildman–Crippen MR) is 104 cm³/mol. The number of benzene rings is 2. The van der Waals surface area contributed by atoms with Crippen LogP contribution in [0.5, 0.6) is 0 Å². The van der Waals surface area contributed by atoms with Gasteiger partial charge in [-0.3, -0.25) is 9.59 Å². The van der Waals surface area contributed by atoms with E-state index in [1.54, 1.807) is 35.2 Å². The van der Waals surface area contributed by atoms with Gasteiger partial charge < -0.3 is 10.2 Å². The maximum Gasteiger partial charge on any atom is 0.226 e. The Labute approximate surface area is 157 Å². The molecule has 0 heterocycles. The lowest BCUT2D eigenvalue weighted by Crippen LogP contribution is -2.32. The van der Waals surface area contributed by atoms with Gasteiger partial charge in [0.1, 0.15) is 0 Å². The molecule has 2 aromatic carbocycles. The first kappa shape index (κ1) is 19.3. The molecule has 2 rings (SSSR count). The Balaban J connectivity index is 2.05. The van der Waals surface area contributed by atoms with Gasteiger partial charge in [0, 0.05) is 30.6 Å². The van der Waals surface area contributed by atoms with Crippen molar-refractivity contribution in [3.05, 3.63) is 57.6 Å². The highest BCUT2D eigenvalue weighted by Gasteiger charge is 2.15. The molecule has 0 aromatic heterocycles. The predicted octanol–water partition coefficient (Wildman–Crippen LogP) is 4.99. The van der Waals surface area contributed by atoms with Crippen LogP contribution in [0, 0.1) is 13.8 Å². The van der Waals surface area contributed by atoms with Crippen LogP contribution >= 0.6 is 23.2 Å². The molecule has 132 valence electrons.